The lowest BCUT2D eigenvalue weighted by atomic mass is 10.1. The molecule has 0 unspecified atom stereocenters. The zero-order valence-corrected chi connectivity index (χ0v) is 9.97. The molecule has 0 radical (unpaired) electrons. The van der Waals surface area contributed by atoms with E-state index in [-0.39, 0.29) is 0 Å². The van der Waals surface area contributed by atoms with Gasteiger partial charge in [0.1, 0.15) is 0 Å². The summed E-state index contributed by atoms with van der Waals surface area (Å²) in [4.78, 5) is 3.25. The van der Waals surface area contributed by atoms with Gasteiger partial charge in [0, 0.05) is 29.3 Å². The van der Waals surface area contributed by atoms with Crippen molar-refractivity contribution in [3.63, 3.8) is 0 Å². The van der Waals surface area contributed by atoms with Crippen LogP contribution in [0.1, 0.15) is 5.56 Å². The molecular formula is C12H13BrN2. The molecule has 0 aliphatic heterocycles. The zero-order chi connectivity index (χ0) is 10.7. The minimum atomic E-state index is 0.789. The maximum absolute atomic E-state index is 3.78. The van der Waals surface area contributed by atoms with Crippen molar-refractivity contribution in [1.82, 2.24) is 10.3 Å². The maximum atomic E-state index is 3.78. The molecule has 2 rings (SSSR count). The van der Waals surface area contributed by atoms with Gasteiger partial charge in [0.05, 0.1) is 0 Å². The number of para-hydroxylation sites is 1. The molecule has 1 aromatic carbocycles. The average molecular weight is 265 g/mol. The van der Waals surface area contributed by atoms with Gasteiger partial charge in [-0.3, -0.25) is 0 Å². The molecule has 0 bridgehead atoms. The van der Waals surface area contributed by atoms with Crippen molar-refractivity contribution < 1.29 is 0 Å². The van der Waals surface area contributed by atoms with Gasteiger partial charge in [-0.25, -0.2) is 0 Å². The zero-order valence-electron chi connectivity index (χ0n) is 8.39. The monoisotopic (exact) mass is 264 g/mol. The summed E-state index contributed by atoms with van der Waals surface area (Å²) in [6.07, 6.45) is 1.97. The molecule has 0 saturated heterocycles. The van der Waals surface area contributed by atoms with Gasteiger partial charge in [0.15, 0.2) is 0 Å². The molecule has 2 nitrogen and oxygen atoms in total. The Morgan fingerprint density at radius 3 is 3.07 bits per heavy atom. The minimum Gasteiger partial charge on any atom is -0.361 e. The lowest BCUT2D eigenvalue weighted by Gasteiger charge is -2.05. The summed E-state index contributed by atoms with van der Waals surface area (Å²) in [5.74, 6) is 0. The van der Waals surface area contributed by atoms with Crippen molar-refractivity contribution in [3.05, 3.63) is 47.1 Å². The van der Waals surface area contributed by atoms with Crippen LogP contribution in [0.3, 0.4) is 0 Å². The summed E-state index contributed by atoms with van der Waals surface area (Å²) >= 11 is 3.33. The number of rotatable bonds is 4. The van der Waals surface area contributed by atoms with Crippen LogP contribution in [-0.2, 0) is 6.54 Å². The van der Waals surface area contributed by atoms with Gasteiger partial charge in [0.2, 0.25) is 0 Å². The number of aromatic amines is 1. The average Bonchev–Trinajstić information content (AvgIpc) is 2.65. The number of aromatic nitrogens is 1. The van der Waals surface area contributed by atoms with Crippen LogP contribution in [0.25, 0.3) is 10.9 Å². The van der Waals surface area contributed by atoms with Gasteiger partial charge in [0.25, 0.3) is 0 Å². The molecule has 0 aliphatic rings. The molecule has 1 heterocycles. The number of nitrogens with one attached hydrogen (secondary N) is 2. The Bertz CT molecular complexity index is 473. The van der Waals surface area contributed by atoms with E-state index < -0.39 is 0 Å². The number of benzene rings is 1. The third-order valence-electron chi connectivity index (χ3n) is 2.31. The van der Waals surface area contributed by atoms with Crippen molar-refractivity contribution in [3.8, 4) is 0 Å². The molecule has 0 saturated carbocycles. The van der Waals surface area contributed by atoms with Crippen LogP contribution >= 0.6 is 15.9 Å². The first-order valence-electron chi connectivity index (χ1n) is 4.86. The lowest BCUT2D eigenvalue weighted by Crippen LogP contribution is -2.14. The van der Waals surface area contributed by atoms with E-state index in [2.05, 4.69) is 57.1 Å². The van der Waals surface area contributed by atoms with Gasteiger partial charge >= 0.3 is 0 Å². The van der Waals surface area contributed by atoms with Crippen LogP contribution in [0.4, 0.5) is 0 Å². The summed E-state index contributed by atoms with van der Waals surface area (Å²) < 4.78 is 0.973. The molecule has 0 aliphatic carbocycles. The number of H-pyrrole nitrogens is 1. The van der Waals surface area contributed by atoms with E-state index in [0.29, 0.717) is 0 Å². The van der Waals surface area contributed by atoms with Crippen LogP contribution in [0.5, 0.6) is 0 Å². The molecule has 0 amide bonds. The molecule has 15 heavy (non-hydrogen) atoms. The molecule has 3 heteroatoms. The fourth-order valence-corrected chi connectivity index (χ4v) is 1.83. The Hall–Kier alpha value is -1.06. The molecule has 78 valence electrons. The Morgan fingerprint density at radius 2 is 2.27 bits per heavy atom. The predicted molar refractivity (Wildman–Crippen MR) is 68.1 cm³/mol. The highest BCUT2D eigenvalue weighted by molar-refractivity contribution is 9.11. The third-order valence-corrected chi connectivity index (χ3v) is 2.59. The van der Waals surface area contributed by atoms with Crippen molar-refractivity contribution in [2.45, 2.75) is 6.54 Å². The van der Waals surface area contributed by atoms with E-state index in [1.54, 1.807) is 0 Å². The Morgan fingerprint density at radius 1 is 1.40 bits per heavy atom. The van der Waals surface area contributed by atoms with Crippen LogP contribution in [0.2, 0.25) is 0 Å². The topological polar surface area (TPSA) is 27.8 Å². The highest BCUT2D eigenvalue weighted by Gasteiger charge is 2.00. The van der Waals surface area contributed by atoms with Gasteiger partial charge in [-0.2, -0.15) is 0 Å². The molecular weight excluding hydrogens is 252 g/mol. The first kappa shape index (κ1) is 10.5. The van der Waals surface area contributed by atoms with E-state index >= 15 is 0 Å². The second kappa shape index (κ2) is 4.64. The summed E-state index contributed by atoms with van der Waals surface area (Å²) in [7, 11) is 0. The second-order valence-corrected chi connectivity index (χ2v) is 4.60. The minimum absolute atomic E-state index is 0.789. The van der Waals surface area contributed by atoms with Crippen molar-refractivity contribution >= 4 is 26.8 Å². The van der Waals surface area contributed by atoms with E-state index in [9.17, 15) is 0 Å². The summed E-state index contributed by atoms with van der Waals surface area (Å²) in [5, 5.41) is 4.57. The quantitative estimate of drug-likeness (QED) is 0.873. The van der Waals surface area contributed by atoms with Crippen molar-refractivity contribution in [1.29, 1.82) is 0 Å². The Labute approximate surface area is 97.5 Å². The Balaban J connectivity index is 2.13. The highest BCUT2D eigenvalue weighted by Crippen LogP contribution is 2.16. The van der Waals surface area contributed by atoms with E-state index in [1.165, 1.54) is 16.5 Å². The summed E-state index contributed by atoms with van der Waals surface area (Å²) in [6, 6.07) is 8.40. The number of hydrogen-bond acceptors (Lipinski definition) is 1. The van der Waals surface area contributed by atoms with Crippen molar-refractivity contribution in [2.24, 2.45) is 0 Å². The highest BCUT2D eigenvalue weighted by atomic mass is 79.9. The largest absolute Gasteiger partial charge is 0.361 e. The van der Waals surface area contributed by atoms with Crippen LogP contribution in [-0.4, -0.2) is 11.5 Å². The van der Waals surface area contributed by atoms with Crippen LogP contribution in [0, 0.1) is 0 Å². The number of halogens is 1. The van der Waals surface area contributed by atoms with Gasteiger partial charge in [-0.1, -0.05) is 40.7 Å². The van der Waals surface area contributed by atoms with Gasteiger partial charge in [-0.05, 0) is 17.0 Å². The fraction of sp³-hybridized carbons (Fsp3) is 0.167. The third kappa shape index (κ3) is 2.49. The van der Waals surface area contributed by atoms with Gasteiger partial charge in [-0.15, -0.1) is 0 Å². The van der Waals surface area contributed by atoms with E-state index in [1.807, 2.05) is 6.20 Å². The predicted octanol–water partition coefficient (Wildman–Crippen LogP) is 3.17. The van der Waals surface area contributed by atoms with Crippen LogP contribution < -0.4 is 5.32 Å². The standard InChI is InChI=1S/C12H13BrN2/c1-9(13)7-14-8-11-4-2-3-10-5-6-15-12(10)11/h2-6,14-15H,1,7-8H2. The molecule has 1 aromatic heterocycles. The summed E-state index contributed by atoms with van der Waals surface area (Å²) in [5.41, 5.74) is 2.50. The van der Waals surface area contributed by atoms with E-state index in [4.69, 9.17) is 0 Å². The molecule has 0 fully saturated rings. The fourth-order valence-electron chi connectivity index (χ4n) is 1.63. The van der Waals surface area contributed by atoms with E-state index in [0.717, 1.165) is 17.6 Å². The molecule has 2 N–H and O–H groups in total. The van der Waals surface area contributed by atoms with Crippen molar-refractivity contribution in [2.75, 3.05) is 6.54 Å². The second-order valence-electron chi connectivity index (χ2n) is 3.48. The molecule has 0 atom stereocenters. The Kier molecular flexibility index (Phi) is 3.23. The maximum Gasteiger partial charge on any atom is 0.0499 e. The smallest absolute Gasteiger partial charge is 0.0499 e. The first-order chi connectivity index (χ1) is 7.27. The molecule has 2 aromatic rings. The molecule has 0 spiro atoms. The van der Waals surface area contributed by atoms with Gasteiger partial charge < -0.3 is 10.3 Å². The number of hydrogen-bond donors (Lipinski definition) is 2. The SMILES string of the molecule is C=C(Br)CNCc1cccc2cc[nH]c12. The van der Waals surface area contributed by atoms with Crippen LogP contribution in [0.15, 0.2) is 41.5 Å². The normalized spacial score (nSPS) is 10.7. The summed E-state index contributed by atoms with van der Waals surface area (Å²) in [6.45, 7) is 5.42. The lowest BCUT2D eigenvalue weighted by molar-refractivity contribution is 0.760. The first-order valence-corrected chi connectivity index (χ1v) is 5.65. The number of fused-ring (bicyclic) bond motifs is 1.